The lowest BCUT2D eigenvalue weighted by Gasteiger charge is -1.36. The molecule has 0 saturated heterocycles. The van der Waals surface area contributed by atoms with Crippen molar-refractivity contribution >= 4 is 12.5 Å². The lowest BCUT2D eigenvalue weighted by atomic mass is 18.8. The molecule has 0 aromatic carbocycles. The van der Waals surface area contributed by atoms with Gasteiger partial charge in [0.25, 0.3) is 12.5 Å². The van der Waals surface area contributed by atoms with Crippen molar-refractivity contribution in [3.63, 3.8) is 0 Å². The van der Waals surface area contributed by atoms with Gasteiger partial charge in [0.05, 0.1) is 0 Å². The number of hydrogen-bond acceptors (Lipinski definition) is 1. The maximum Gasteiger partial charge on any atom is 0.255 e. The first kappa shape index (κ1) is 166. The Kier molecular flexibility index (Phi) is 10600. The molecule has 0 unspecified atom stereocenters. The van der Waals surface area contributed by atoms with Gasteiger partial charge in [0, 0.05) is 0 Å². The van der Waals surface area contributed by atoms with Gasteiger partial charge in [-0.3, -0.25) is 28.2 Å². The Hall–Kier alpha value is -0.210. The predicted octanol–water partition coefficient (Wildman–Crippen LogP) is 2.40. The van der Waals surface area contributed by atoms with E-state index in [4.69, 9.17) is 0 Å². The van der Waals surface area contributed by atoms with Gasteiger partial charge in [-0.05, 0) is 0 Å². The van der Waals surface area contributed by atoms with Crippen LogP contribution >= 0.6 is 12.5 Å². The second-order valence-electron chi connectivity index (χ2n) is 0.0583. The van der Waals surface area contributed by atoms with E-state index in [2.05, 4.69) is 0 Å². The van der Waals surface area contributed by atoms with E-state index < -0.39 is 12.5 Å². The first-order valence-electron chi connectivity index (χ1n) is 0.309. The quantitative estimate of drug-likeness (QED) is 0.528. The summed E-state index contributed by atoms with van der Waals surface area (Å²) in [5.41, 5.74) is 0. The summed E-state index contributed by atoms with van der Waals surface area (Å²) in [6.45, 7) is 0. The van der Waals surface area contributed by atoms with Crippen LogP contribution in [0.3, 0.4) is 0 Å². The summed E-state index contributed by atoms with van der Waals surface area (Å²) in [6, 6.07) is 0. The lowest BCUT2D eigenvalue weighted by Crippen LogP contribution is -0.884. The van der Waals surface area contributed by atoms with Gasteiger partial charge in [0.1, 0.15) is 0 Å². The van der Waals surface area contributed by atoms with Gasteiger partial charge >= 0.3 is 0 Å². The van der Waals surface area contributed by atoms with Gasteiger partial charge in [0.15, 0.2) is 0 Å². The maximum absolute atomic E-state index is 9.54. The Morgan fingerprint density at radius 2 is 0.556 bits per heavy atom. The van der Waals surface area contributed by atoms with Crippen LogP contribution in [0.1, 0.15) is 0 Å². The summed E-state index contributed by atoms with van der Waals surface area (Å²) >= 11 is -1.25. The van der Waals surface area contributed by atoms with Gasteiger partial charge in [-0.2, -0.15) is 0 Å². The third-order valence-corrected chi connectivity index (χ3v) is 0. The van der Waals surface area contributed by atoms with Crippen LogP contribution in [-0.2, 0) is 0 Å². The average Bonchev–Trinajstić information content (AvgIpc) is 0.918. The Balaban J connectivity index is -0.00000000133. The molecule has 0 heterocycles. The van der Waals surface area contributed by atoms with Crippen molar-refractivity contribution in [1.82, 2.24) is 0 Å². The highest BCUT2D eigenvalue weighted by atomic mass is 32.2. The van der Waals surface area contributed by atoms with Crippen LogP contribution in [0.5, 0.6) is 0 Å². The Morgan fingerprint density at radius 1 is 0.556 bits per heavy atom. The van der Waals surface area contributed by atoms with Crippen LogP contribution in [0.4, 0.5) is 36.0 Å². The monoisotopic (exact) mass is 190 g/mol. The summed E-state index contributed by atoms with van der Waals surface area (Å²) in [4.78, 5) is 0. The zero-order valence-electron chi connectivity index (χ0n) is 3.61. The third-order valence-electron chi connectivity index (χ3n) is 0. The van der Waals surface area contributed by atoms with Crippen LogP contribution in [0.15, 0.2) is 0 Å². The van der Waals surface area contributed by atoms with Crippen LogP contribution in [0.2, 0.25) is 0 Å². The largest absolute Gasteiger partial charge is 0.269 e. The molecular formula is H6F8S. The van der Waals surface area contributed by atoms with Crippen LogP contribution in [0.25, 0.3) is 0 Å². The fraction of sp³-hybridized carbons (Fsp3) is 0. The van der Waals surface area contributed by atoms with E-state index >= 15 is 0 Å². The summed E-state index contributed by atoms with van der Waals surface area (Å²) in [6.07, 6.45) is 0. The van der Waals surface area contributed by atoms with E-state index in [9.17, 15) is 7.77 Å². The molecule has 0 atom stereocenters. The summed E-state index contributed by atoms with van der Waals surface area (Å²) in [7, 11) is 0. The molecule has 0 nitrogen and oxygen atoms in total. The van der Waals surface area contributed by atoms with Crippen molar-refractivity contribution in [3.05, 3.63) is 0 Å². The van der Waals surface area contributed by atoms with Crippen molar-refractivity contribution < 1.29 is 36.0 Å². The van der Waals surface area contributed by atoms with Crippen LogP contribution < -0.4 is 0 Å². The minimum atomic E-state index is -1.25. The van der Waals surface area contributed by atoms with E-state index in [1.807, 2.05) is 0 Å². The smallest absolute Gasteiger partial charge is 0.255 e. The van der Waals surface area contributed by atoms with Crippen molar-refractivity contribution in [2.45, 2.75) is 0 Å². The molecule has 0 saturated carbocycles. The molecule has 9 heavy (non-hydrogen) atoms. The number of hydrogen-bond donors (Lipinski definition) is 0. The van der Waals surface area contributed by atoms with E-state index in [0.717, 1.165) is 0 Å². The minimum absolute atomic E-state index is 0. The van der Waals surface area contributed by atoms with E-state index in [-0.39, 0.29) is 28.2 Å². The molecule has 0 radical (unpaired) electrons. The molecule has 0 rings (SSSR count). The van der Waals surface area contributed by atoms with Crippen molar-refractivity contribution in [2.75, 3.05) is 0 Å². The molecule has 9 heteroatoms. The molecule has 0 bridgehead atoms. The fourth-order valence-electron chi connectivity index (χ4n) is 0. The van der Waals surface area contributed by atoms with Gasteiger partial charge < -0.3 is 0 Å². The first-order chi connectivity index (χ1) is 1.41. The Morgan fingerprint density at radius 3 is 0.556 bits per heavy atom. The predicted molar refractivity (Wildman–Crippen MR) is 24.8 cm³/mol. The normalized spacial score (nSPS) is 2.00. The van der Waals surface area contributed by atoms with Crippen molar-refractivity contribution in [2.24, 2.45) is 0 Å². The third kappa shape index (κ3) is 5920. The second kappa shape index (κ2) is 575. The van der Waals surface area contributed by atoms with Gasteiger partial charge in [0.2, 0.25) is 0 Å². The maximum atomic E-state index is 9.54. The van der Waals surface area contributed by atoms with Gasteiger partial charge in [-0.25, -0.2) is 0 Å². The molecule has 0 aliphatic heterocycles. The van der Waals surface area contributed by atoms with E-state index in [1.165, 1.54) is 0 Å². The summed E-state index contributed by atoms with van der Waals surface area (Å²) < 4.78 is 19.1. The zero-order chi connectivity index (χ0) is 2.71. The highest BCUT2D eigenvalue weighted by Gasteiger charge is 1.49. The Labute approximate surface area is 49.8 Å². The van der Waals surface area contributed by atoms with Crippen LogP contribution in [0, 0.1) is 0 Å². The van der Waals surface area contributed by atoms with Gasteiger partial charge in [-0.1, -0.05) is 0 Å². The Bertz CT molecular complexity index is 4.53. The average molecular weight is 190 g/mol. The first-order valence-corrected chi connectivity index (χ1v) is 0.926. The molecular weight excluding hydrogens is 184 g/mol. The number of rotatable bonds is 0. The minimum Gasteiger partial charge on any atom is -0.269 e. The lowest BCUT2D eigenvalue weighted by molar-refractivity contribution is 0.814. The molecule has 0 N–H and O–H groups in total. The molecule has 0 amide bonds. The fourth-order valence-corrected chi connectivity index (χ4v) is 0. The van der Waals surface area contributed by atoms with E-state index in [0.29, 0.717) is 0 Å². The van der Waals surface area contributed by atoms with Crippen molar-refractivity contribution in [3.8, 4) is 0 Å². The highest BCUT2D eigenvalue weighted by molar-refractivity contribution is 7.89. The molecule has 0 aliphatic carbocycles. The molecule has 68 valence electrons. The van der Waals surface area contributed by atoms with Gasteiger partial charge in [-0.15, -0.1) is 7.77 Å². The van der Waals surface area contributed by atoms with E-state index in [1.54, 1.807) is 0 Å². The van der Waals surface area contributed by atoms with Crippen LogP contribution in [-0.4, -0.2) is 0 Å². The zero-order valence-corrected chi connectivity index (χ0v) is 4.43. The SMILES string of the molecule is F.F.F.F.F.F.FSF. The standard InChI is InChI=1S/F2S.6FH/c1-3-2;;;;;;/h;6*1H. The molecule has 0 aromatic rings. The second-order valence-corrected chi connectivity index (χ2v) is 0.175. The molecule has 0 aromatic heterocycles. The molecule has 0 spiro atoms. The number of halogens is 8. The molecule has 0 fully saturated rings. The highest BCUT2D eigenvalue weighted by Crippen LogP contribution is 1.95. The summed E-state index contributed by atoms with van der Waals surface area (Å²) in [5, 5.41) is 0. The summed E-state index contributed by atoms with van der Waals surface area (Å²) in [5.74, 6) is 0. The topological polar surface area (TPSA) is 0 Å². The van der Waals surface area contributed by atoms with Crippen molar-refractivity contribution in [1.29, 1.82) is 0 Å². The molecule has 0 aliphatic rings.